The van der Waals surface area contributed by atoms with Gasteiger partial charge in [-0.05, 0) is 19.3 Å². The summed E-state index contributed by atoms with van der Waals surface area (Å²) in [5.41, 5.74) is 0. The quantitative estimate of drug-likeness (QED) is 0.104. The second-order valence-electron chi connectivity index (χ2n) is 10.6. The van der Waals surface area contributed by atoms with Gasteiger partial charge in [-0.3, -0.25) is 0 Å². The third-order valence-electron chi connectivity index (χ3n) is 7.37. The minimum absolute atomic E-state index is 1.20. The fraction of sp³-hybridized carbons (Fsp3) is 0.903. The first kappa shape index (κ1) is 30.2. The minimum atomic E-state index is 1.20. The van der Waals surface area contributed by atoms with Crippen molar-refractivity contribution in [3.05, 3.63) is 18.2 Å². The van der Waals surface area contributed by atoms with Crippen LogP contribution in [-0.2, 0) is 13.0 Å². The lowest BCUT2D eigenvalue weighted by Crippen LogP contribution is -2.36. The van der Waals surface area contributed by atoms with E-state index in [2.05, 4.69) is 35.8 Å². The van der Waals surface area contributed by atoms with Gasteiger partial charge < -0.3 is 0 Å². The maximum atomic E-state index is 3.50. The summed E-state index contributed by atoms with van der Waals surface area (Å²) < 4.78 is 2.48. The molecule has 0 saturated carbocycles. The van der Waals surface area contributed by atoms with Gasteiger partial charge in [0.05, 0.1) is 6.54 Å². The van der Waals surface area contributed by atoms with Crippen LogP contribution in [0.15, 0.2) is 12.4 Å². The molecule has 1 aromatic heterocycles. The van der Waals surface area contributed by atoms with Gasteiger partial charge in [-0.1, -0.05) is 149 Å². The Labute approximate surface area is 208 Å². The third kappa shape index (κ3) is 19.2. The SMILES string of the molecule is CCCCCCCCCCCCCCc1[nH]cc[n+]1CCCCCCCCCCCCCC. The van der Waals surface area contributed by atoms with Gasteiger partial charge in [-0.25, -0.2) is 9.55 Å². The summed E-state index contributed by atoms with van der Waals surface area (Å²) in [6.45, 7) is 5.80. The fourth-order valence-electron chi connectivity index (χ4n) is 5.08. The molecule has 0 aliphatic rings. The molecule has 0 bridgehead atoms. The average Bonchev–Trinajstić information content (AvgIpc) is 3.27. The fourth-order valence-corrected chi connectivity index (χ4v) is 5.08. The molecule has 0 amide bonds. The van der Waals surface area contributed by atoms with E-state index in [0.717, 1.165) is 0 Å². The molecule has 194 valence electrons. The largest absolute Gasteiger partial charge is 0.254 e. The summed E-state index contributed by atoms with van der Waals surface area (Å²) in [7, 11) is 0. The smallest absolute Gasteiger partial charge is 0.248 e. The number of unbranched alkanes of at least 4 members (excludes halogenated alkanes) is 22. The van der Waals surface area contributed by atoms with E-state index >= 15 is 0 Å². The van der Waals surface area contributed by atoms with Gasteiger partial charge >= 0.3 is 0 Å². The van der Waals surface area contributed by atoms with Gasteiger partial charge in [0.2, 0.25) is 0 Å². The Morgan fingerprint density at radius 3 is 1.27 bits per heavy atom. The van der Waals surface area contributed by atoms with Crippen LogP contribution >= 0.6 is 0 Å². The van der Waals surface area contributed by atoms with Crippen LogP contribution in [0.4, 0.5) is 0 Å². The molecular weight excluding hydrogens is 400 g/mol. The molecule has 1 N–H and O–H groups in total. The number of nitrogens with zero attached hydrogens (tertiary/aromatic N) is 1. The van der Waals surface area contributed by atoms with Crippen molar-refractivity contribution < 1.29 is 4.57 Å². The molecule has 33 heavy (non-hydrogen) atoms. The van der Waals surface area contributed by atoms with Gasteiger partial charge in [0.1, 0.15) is 12.4 Å². The van der Waals surface area contributed by atoms with Gasteiger partial charge in [-0.2, -0.15) is 0 Å². The number of aryl methyl sites for hydroxylation is 2. The molecule has 1 rings (SSSR count). The maximum Gasteiger partial charge on any atom is 0.254 e. The van der Waals surface area contributed by atoms with E-state index in [-0.39, 0.29) is 0 Å². The van der Waals surface area contributed by atoms with Crippen LogP contribution in [0.1, 0.15) is 174 Å². The Morgan fingerprint density at radius 1 is 0.485 bits per heavy atom. The van der Waals surface area contributed by atoms with E-state index in [1.807, 2.05) is 0 Å². The van der Waals surface area contributed by atoms with E-state index in [9.17, 15) is 0 Å². The predicted molar refractivity (Wildman–Crippen MR) is 147 cm³/mol. The van der Waals surface area contributed by atoms with Crippen molar-refractivity contribution in [1.82, 2.24) is 4.98 Å². The summed E-state index contributed by atoms with van der Waals surface area (Å²) in [4.78, 5) is 3.50. The topological polar surface area (TPSA) is 19.7 Å². The lowest BCUT2D eigenvalue weighted by molar-refractivity contribution is -0.703. The number of hydrogen-bond acceptors (Lipinski definition) is 0. The van der Waals surface area contributed by atoms with Crippen molar-refractivity contribution in [3.63, 3.8) is 0 Å². The van der Waals surface area contributed by atoms with E-state index in [1.54, 1.807) is 0 Å². The standard InChI is InChI=1S/C31H60N2/c1-3-5-7-9-11-13-15-17-19-21-23-25-27-31-32-28-30-33(31)29-26-24-22-20-18-16-14-12-10-8-6-4-2/h28,30H,3-27,29H2,1-2H3/p+1. The molecule has 1 aromatic rings. The lowest BCUT2D eigenvalue weighted by Gasteiger charge is -2.04. The minimum Gasteiger partial charge on any atom is -0.248 e. The first-order chi connectivity index (χ1) is 16.4. The van der Waals surface area contributed by atoms with Crippen LogP contribution < -0.4 is 4.57 Å². The normalized spacial score (nSPS) is 11.5. The monoisotopic (exact) mass is 461 g/mol. The molecule has 0 radical (unpaired) electrons. The number of aromatic nitrogens is 2. The van der Waals surface area contributed by atoms with Crippen molar-refractivity contribution in [2.45, 2.75) is 181 Å². The van der Waals surface area contributed by atoms with Crippen LogP contribution in [-0.4, -0.2) is 4.98 Å². The number of imidazole rings is 1. The highest BCUT2D eigenvalue weighted by atomic mass is 15.1. The number of rotatable bonds is 26. The molecule has 0 atom stereocenters. The van der Waals surface area contributed by atoms with E-state index in [0.29, 0.717) is 0 Å². The Hall–Kier alpha value is -0.790. The van der Waals surface area contributed by atoms with Crippen LogP contribution in [0.5, 0.6) is 0 Å². The van der Waals surface area contributed by atoms with Crippen molar-refractivity contribution in [1.29, 1.82) is 0 Å². The molecule has 2 nitrogen and oxygen atoms in total. The number of aromatic amines is 1. The second-order valence-corrected chi connectivity index (χ2v) is 10.6. The Bertz CT molecular complexity index is 450. The highest BCUT2D eigenvalue weighted by molar-refractivity contribution is 4.77. The molecule has 0 spiro atoms. The van der Waals surface area contributed by atoms with Crippen LogP contribution in [0, 0.1) is 0 Å². The summed E-state index contributed by atoms with van der Waals surface area (Å²) >= 11 is 0. The average molecular weight is 462 g/mol. The molecule has 2 heteroatoms. The Balaban J connectivity index is 1.89. The zero-order valence-corrected chi connectivity index (χ0v) is 23.0. The van der Waals surface area contributed by atoms with Crippen LogP contribution in [0.2, 0.25) is 0 Å². The van der Waals surface area contributed by atoms with E-state index in [1.165, 1.54) is 173 Å². The van der Waals surface area contributed by atoms with Crippen LogP contribution in [0.3, 0.4) is 0 Å². The molecule has 0 saturated heterocycles. The molecular formula is C31H61N2+. The van der Waals surface area contributed by atoms with Crippen molar-refractivity contribution in [3.8, 4) is 0 Å². The Morgan fingerprint density at radius 2 is 0.848 bits per heavy atom. The highest BCUT2D eigenvalue weighted by Crippen LogP contribution is 2.13. The van der Waals surface area contributed by atoms with Crippen LogP contribution in [0.25, 0.3) is 0 Å². The summed E-state index contributed by atoms with van der Waals surface area (Å²) in [6.07, 6.45) is 39.9. The number of nitrogens with one attached hydrogen (secondary N) is 1. The van der Waals surface area contributed by atoms with E-state index < -0.39 is 0 Å². The van der Waals surface area contributed by atoms with Gasteiger partial charge in [0.25, 0.3) is 5.82 Å². The molecule has 0 unspecified atom stereocenters. The van der Waals surface area contributed by atoms with E-state index in [4.69, 9.17) is 0 Å². The molecule has 0 aliphatic heterocycles. The Kier molecular flexibility index (Phi) is 22.3. The second kappa shape index (κ2) is 24.3. The number of hydrogen-bond donors (Lipinski definition) is 1. The molecule has 1 heterocycles. The predicted octanol–water partition coefficient (Wildman–Crippen LogP) is 10.2. The zero-order chi connectivity index (χ0) is 23.7. The van der Waals surface area contributed by atoms with Crippen molar-refractivity contribution in [2.75, 3.05) is 0 Å². The number of H-pyrrole nitrogens is 1. The first-order valence-electron chi connectivity index (χ1n) is 15.4. The summed E-state index contributed by atoms with van der Waals surface area (Å²) in [5, 5.41) is 0. The van der Waals surface area contributed by atoms with Gasteiger partial charge in [0.15, 0.2) is 0 Å². The highest BCUT2D eigenvalue weighted by Gasteiger charge is 2.09. The molecule has 0 aromatic carbocycles. The summed E-state index contributed by atoms with van der Waals surface area (Å²) in [6, 6.07) is 0. The van der Waals surface area contributed by atoms with Gasteiger partial charge in [0, 0.05) is 6.42 Å². The molecule has 0 aliphatic carbocycles. The van der Waals surface area contributed by atoms with Crippen molar-refractivity contribution in [2.24, 2.45) is 0 Å². The first-order valence-corrected chi connectivity index (χ1v) is 15.4. The van der Waals surface area contributed by atoms with Gasteiger partial charge in [-0.15, -0.1) is 0 Å². The van der Waals surface area contributed by atoms with Crippen molar-refractivity contribution >= 4 is 0 Å². The summed E-state index contributed by atoms with van der Waals surface area (Å²) in [5.74, 6) is 1.45. The molecule has 0 fully saturated rings. The maximum absolute atomic E-state index is 3.50. The zero-order valence-electron chi connectivity index (χ0n) is 23.0. The third-order valence-corrected chi connectivity index (χ3v) is 7.37. The lowest BCUT2D eigenvalue weighted by atomic mass is 10.0.